The van der Waals surface area contributed by atoms with E-state index in [0.29, 0.717) is 10.0 Å². The van der Waals surface area contributed by atoms with Gasteiger partial charge in [0.05, 0.1) is 4.47 Å². The highest BCUT2D eigenvalue weighted by atomic mass is 79.9. The number of amides is 1. The molecule has 14 heavy (non-hydrogen) atoms. The summed E-state index contributed by atoms with van der Waals surface area (Å²) in [5, 5.41) is 9.68. The van der Waals surface area contributed by atoms with Crippen LogP contribution in [0.4, 0.5) is 4.39 Å². The Kier molecular flexibility index (Phi) is 3.35. The van der Waals surface area contributed by atoms with E-state index < -0.39 is 5.82 Å². The Morgan fingerprint density at radius 2 is 2.21 bits per heavy atom. The molecule has 74 valence electrons. The Morgan fingerprint density at radius 1 is 1.57 bits per heavy atom. The Bertz CT molecular complexity index is 392. The zero-order valence-corrected chi connectivity index (χ0v) is 8.98. The van der Waals surface area contributed by atoms with Gasteiger partial charge in [0.15, 0.2) is 0 Å². The fourth-order valence-corrected chi connectivity index (χ4v) is 1.15. The monoisotopic (exact) mass is 258 g/mol. The highest BCUT2D eigenvalue weighted by Gasteiger charge is 2.06. The maximum Gasteiger partial charge on any atom is 0.222 e. The summed E-state index contributed by atoms with van der Waals surface area (Å²) in [5.41, 5.74) is 0.334. The predicted octanol–water partition coefficient (Wildman–Crippen LogP) is 2.05. The van der Waals surface area contributed by atoms with Gasteiger partial charge >= 0.3 is 0 Å². The first-order valence-electron chi connectivity index (χ1n) is 3.82. The van der Waals surface area contributed by atoms with Crippen molar-refractivity contribution in [2.24, 2.45) is 0 Å². The van der Waals surface area contributed by atoms with Crippen LogP contribution >= 0.6 is 15.9 Å². The smallest absolute Gasteiger partial charge is 0.222 e. The molecule has 1 amide bonds. The topological polar surface area (TPSA) is 53.0 Å². The van der Waals surface area contributed by atoms with Crippen LogP contribution < -0.4 is 5.32 Å². The van der Waals surface area contributed by atoms with Crippen LogP contribution in [-0.2, 0) is 4.79 Å². The highest BCUT2D eigenvalue weighted by Crippen LogP contribution is 2.16. The number of carbonyl (C=O) groups excluding carboxylic acids is 1. The van der Waals surface area contributed by atoms with Gasteiger partial charge in [0.25, 0.3) is 0 Å². The molecule has 0 aliphatic carbocycles. The number of nitrogens with one attached hydrogen (secondary N) is 2. The third-order valence-corrected chi connectivity index (χ3v) is 2.15. The molecule has 0 heterocycles. The molecule has 0 spiro atoms. The maximum atomic E-state index is 13.0. The number of halogens is 2. The summed E-state index contributed by atoms with van der Waals surface area (Å²) in [7, 11) is 0. The Hall–Kier alpha value is -1.23. The molecule has 1 rings (SSSR count). The SMILES string of the molecule is CC(=O)NC(=N)c1ccc(Br)c(F)c1. The Morgan fingerprint density at radius 3 is 2.71 bits per heavy atom. The third-order valence-electron chi connectivity index (χ3n) is 1.51. The maximum absolute atomic E-state index is 13.0. The molecule has 5 heteroatoms. The quantitative estimate of drug-likeness (QED) is 0.588. The fourth-order valence-electron chi connectivity index (χ4n) is 0.900. The highest BCUT2D eigenvalue weighted by molar-refractivity contribution is 9.10. The third kappa shape index (κ3) is 2.63. The molecule has 0 unspecified atom stereocenters. The largest absolute Gasteiger partial charge is 0.311 e. The number of amidine groups is 1. The van der Waals surface area contributed by atoms with Crippen molar-refractivity contribution in [2.75, 3.05) is 0 Å². The van der Waals surface area contributed by atoms with Crippen molar-refractivity contribution >= 4 is 27.7 Å². The summed E-state index contributed by atoms with van der Waals surface area (Å²) < 4.78 is 13.4. The minimum Gasteiger partial charge on any atom is -0.311 e. The summed E-state index contributed by atoms with van der Waals surface area (Å²) in [4.78, 5) is 10.6. The van der Waals surface area contributed by atoms with Gasteiger partial charge < -0.3 is 5.32 Å². The van der Waals surface area contributed by atoms with Crippen molar-refractivity contribution in [1.82, 2.24) is 5.32 Å². The van der Waals surface area contributed by atoms with Crippen molar-refractivity contribution < 1.29 is 9.18 Å². The van der Waals surface area contributed by atoms with Gasteiger partial charge in [-0.15, -0.1) is 0 Å². The van der Waals surface area contributed by atoms with E-state index in [1.807, 2.05) is 0 Å². The fraction of sp³-hybridized carbons (Fsp3) is 0.111. The van der Waals surface area contributed by atoms with E-state index >= 15 is 0 Å². The Labute approximate surface area is 89.0 Å². The van der Waals surface area contributed by atoms with E-state index in [1.165, 1.54) is 19.1 Å². The lowest BCUT2D eigenvalue weighted by Crippen LogP contribution is -2.27. The van der Waals surface area contributed by atoms with Crippen LogP contribution in [0.15, 0.2) is 22.7 Å². The number of rotatable bonds is 1. The second-order valence-electron chi connectivity index (χ2n) is 2.69. The molecule has 0 aliphatic heterocycles. The second kappa shape index (κ2) is 4.32. The average molecular weight is 259 g/mol. The van der Waals surface area contributed by atoms with Gasteiger partial charge in [0, 0.05) is 12.5 Å². The van der Waals surface area contributed by atoms with E-state index in [1.54, 1.807) is 6.07 Å². The van der Waals surface area contributed by atoms with Crippen LogP contribution in [0.5, 0.6) is 0 Å². The lowest BCUT2D eigenvalue weighted by Gasteiger charge is -2.04. The van der Waals surface area contributed by atoms with Gasteiger partial charge in [-0.3, -0.25) is 10.2 Å². The van der Waals surface area contributed by atoms with Crippen molar-refractivity contribution in [3.05, 3.63) is 34.1 Å². The summed E-state index contributed by atoms with van der Waals surface area (Å²) in [5.74, 6) is -0.917. The number of carbonyl (C=O) groups is 1. The summed E-state index contributed by atoms with van der Waals surface area (Å²) in [6.45, 7) is 1.30. The molecule has 1 aromatic rings. The van der Waals surface area contributed by atoms with E-state index in [9.17, 15) is 9.18 Å². The average Bonchev–Trinajstić information content (AvgIpc) is 2.08. The summed E-state index contributed by atoms with van der Waals surface area (Å²) >= 11 is 3.00. The molecular formula is C9H8BrFN2O. The molecule has 3 nitrogen and oxygen atoms in total. The van der Waals surface area contributed by atoms with E-state index in [0.717, 1.165) is 0 Å². The van der Waals surface area contributed by atoms with Crippen LogP contribution in [0.1, 0.15) is 12.5 Å². The molecule has 0 aliphatic rings. The first kappa shape index (κ1) is 10.8. The van der Waals surface area contributed by atoms with Crippen molar-refractivity contribution in [2.45, 2.75) is 6.92 Å². The molecular weight excluding hydrogens is 251 g/mol. The predicted molar refractivity (Wildman–Crippen MR) is 54.7 cm³/mol. The lowest BCUT2D eigenvalue weighted by atomic mass is 10.2. The number of hydrogen-bond donors (Lipinski definition) is 2. The molecule has 1 aromatic carbocycles. The van der Waals surface area contributed by atoms with Gasteiger partial charge in [-0.2, -0.15) is 0 Å². The van der Waals surface area contributed by atoms with E-state index in [-0.39, 0.29) is 11.7 Å². The van der Waals surface area contributed by atoms with Crippen LogP contribution in [0.25, 0.3) is 0 Å². The molecule has 0 aromatic heterocycles. The minimum atomic E-state index is -0.461. The zero-order valence-electron chi connectivity index (χ0n) is 7.40. The zero-order chi connectivity index (χ0) is 10.7. The molecule has 0 saturated heterocycles. The van der Waals surface area contributed by atoms with E-state index in [2.05, 4.69) is 21.2 Å². The molecule has 0 atom stereocenters. The van der Waals surface area contributed by atoms with Crippen LogP contribution in [-0.4, -0.2) is 11.7 Å². The first-order valence-corrected chi connectivity index (χ1v) is 4.61. The number of hydrogen-bond acceptors (Lipinski definition) is 2. The van der Waals surface area contributed by atoms with Crippen molar-refractivity contribution in [3.63, 3.8) is 0 Å². The normalized spacial score (nSPS) is 9.64. The minimum absolute atomic E-state index is 0.107. The van der Waals surface area contributed by atoms with E-state index in [4.69, 9.17) is 5.41 Å². The van der Waals surface area contributed by atoms with Crippen LogP contribution in [0.3, 0.4) is 0 Å². The molecule has 0 radical (unpaired) electrons. The molecule has 0 saturated carbocycles. The first-order chi connectivity index (χ1) is 6.50. The van der Waals surface area contributed by atoms with Crippen LogP contribution in [0.2, 0.25) is 0 Å². The number of benzene rings is 1. The molecule has 0 fully saturated rings. The van der Waals surface area contributed by atoms with Crippen LogP contribution in [0, 0.1) is 11.2 Å². The van der Waals surface area contributed by atoms with Gasteiger partial charge in [-0.1, -0.05) is 0 Å². The van der Waals surface area contributed by atoms with Gasteiger partial charge in [0.2, 0.25) is 5.91 Å². The standard InChI is InChI=1S/C9H8BrFN2O/c1-5(14)13-9(12)6-2-3-7(10)8(11)4-6/h2-4H,1H3,(H2,12,13,14). The van der Waals surface area contributed by atoms with Crippen molar-refractivity contribution in [3.8, 4) is 0 Å². The second-order valence-corrected chi connectivity index (χ2v) is 3.54. The van der Waals surface area contributed by atoms with Gasteiger partial charge in [-0.25, -0.2) is 4.39 Å². The van der Waals surface area contributed by atoms with Crippen molar-refractivity contribution in [1.29, 1.82) is 5.41 Å². The van der Waals surface area contributed by atoms with Gasteiger partial charge in [-0.05, 0) is 34.1 Å². The lowest BCUT2D eigenvalue weighted by molar-refractivity contribution is -0.117. The summed E-state index contributed by atoms with van der Waals surface area (Å²) in [6.07, 6.45) is 0. The van der Waals surface area contributed by atoms with Gasteiger partial charge in [0.1, 0.15) is 11.7 Å². The Balaban J connectivity index is 2.91. The molecule has 0 bridgehead atoms. The molecule has 2 N–H and O–H groups in total. The summed E-state index contributed by atoms with van der Waals surface area (Å²) in [6, 6.07) is 4.22.